The summed E-state index contributed by atoms with van der Waals surface area (Å²) in [5.74, 6) is 0.818. The standard InChI is InChI=1S/C13H11BrN4/c14-10-6-4-9(5-7-10)13-17-16-12-3-1-2-11(8-15)18(12)13/h1-7H,8,15H2. The van der Waals surface area contributed by atoms with Crippen LogP contribution >= 0.6 is 15.9 Å². The van der Waals surface area contributed by atoms with Crippen molar-refractivity contribution in [1.82, 2.24) is 14.6 Å². The summed E-state index contributed by atoms with van der Waals surface area (Å²) in [5.41, 5.74) is 8.59. The van der Waals surface area contributed by atoms with Crippen LogP contribution in [0.2, 0.25) is 0 Å². The molecule has 0 saturated heterocycles. The summed E-state index contributed by atoms with van der Waals surface area (Å²) in [4.78, 5) is 0. The van der Waals surface area contributed by atoms with E-state index >= 15 is 0 Å². The van der Waals surface area contributed by atoms with E-state index in [0.29, 0.717) is 6.54 Å². The maximum atomic E-state index is 5.76. The molecular weight excluding hydrogens is 292 g/mol. The number of aromatic nitrogens is 3. The average Bonchev–Trinajstić information content (AvgIpc) is 2.83. The second kappa shape index (κ2) is 4.51. The third-order valence-electron chi connectivity index (χ3n) is 2.82. The van der Waals surface area contributed by atoms with Crippen LogP contribution in [0.3, 0.4) is 0 Å². The maximum absolute atomic E-state index is 5.76. The number of nitrogens with two attached hydrogens (primary N) is 1. The molecule has 5 heteroatoms. The number of rotatable bonds is 2. The Morgan fingerprint density at radius 1 is 1.06 bits per heavy atom. The van der Waals surface area contributed by atoms with Crippen molar-refractivity contribution in [1.29, 1.82) is 0 Å². The number of hydrogen-bond donors (Lipinski definition) is 1. The van der Waals surface area contributed by atoms with Crippen LogP contribution in [0.4, 0.5) is 0 Å². The fourth-order valence-electron chi connectivity index (χ4n) is 1.95. The fraction of sp³-hybridized carbons (Fsp3) is 0.0769. The molecule has 0 aliphatic heterocycles. The van der Waals surface area contributed by atoms with Crippen LogP contribution in [0.15, 0.2) is 46.9 Å². The van der Waals surface area contributed by atoms with Crippen LogP contribution in [-0.4, -0.2) is 14.6 Å². The molecular formula is C13H11BrN4. The highest BCUT2D eigenvalue weighted by molar-refractivity contribution is 9.10. The van der Waals surface area contributed by atoms with E-state index in [0.717, 1.165) is 27.2 Å². The minimum atomic E-state index is 0.457. The van der Waals surface area contributed by atoms with Crippen molar-refractivity contribution in [3.05, 3.63) is 52.6 Å². The molecule has 0 atom stereocenters. The predicted molar refractivity (Wildman–Crippen MR) is 74.0 cm³/mol. The molecule has 2 N–H and O–H groups in total. The van der Waals surface area contributed by atoms with E-state index in [1.807, 2.05) is 46.9 Å². The first-order valence-electron chi connectivity index (χ1n) is 5.58. The monoisotopic (exact) mass is 302 g/mol. The molecule has 0 amide bonds. The van der Waals surface area contributed by atoms with Gasteiger partial charge in [0.2, 0.25) is 0 Å². The van der Waals surface area contributed by atoms with E-state index in [2.05, 4.69) is 26.1 Å². The Balaban J connectivity index is 2.26. The second-order valence-electron chi connectivity index (χ2n) is 3.95. The zero-order chi connectivity index (χ0) is 12.5. The number of hydrogen-bond acceptors (Lipinski definition) is 3. The minimum absolute atomic E-state index is 0.457. The Kier molecular flexibility index (Phi) is 2.85. The van der Waals surface area contributed by atoms with E-state index in [1.165, 1.54) is 0 Å². The Morgan fingerprint density at radius 2 is 1.83 bits per heavy atom. The molecule has 0 spiro atoms. The molecule has 18 heavy (non-hydrogen) atoms. The van der Waals surface area contributed by atoms with Crippen molar-refractivity contribution in [3.63, 3.8) is 0 Å². The normalized spacial score (nSPS) is 11.0. The second-order valence-corrected chi connectivity index (χ2v) is 4.86. The van der Waals surface area contributed by atoms with Gasteiger partial charge in [0.05, 0.1) is 0 Å². The van der Waals surface area contributed by atoms with Crippen molar-refractivity contribution in [2.24, 2.45) is 5.73 Å². The van der Waals surface area contributed by atoms with Gasteiger partial charge in [0.1, 0.15) is 0 Å². The number of nitrogens with zero attached hydrogens (tertiary/aromatic N) is 3. The Labute approximate surface area is 113 Å². The van der Waals surface area contributed by atoms with Crippen LogP contribution in [0.25, 0.3) is 17.0 Å². The smallest absolute Gasteiger partial charge is 0.168 e. The molecule has 0 saturated carbocycles. The van der Waals surface area contributed by atoms with Gasteiger partial charge in [-0.2, -0.15) is 0 Å². The van der Waals surface area contributed by atoms with E-state index in [4.69, 9.17) is 5.73 Å². The molecule has 0 unspecified atom stereocenters. The molecule has 0 aliphatic carbocycles. The molecule has 0 radical (unpaired) electrons. The van der Waals surface area contributed by atoms with Gasteiger partial charge in [0.25, 0.3) is 0 Å². The summed E-state index contributed by atoms with van der Waals surface area (Å²) < 4.78 is 3.03. The lowest BCUT2D eigenvalue weighted by atomic mass is 10.2. The summed E-state index contributed by atoms with van der Waals surface area (Å²) in [7, 11) is 0. The molecule has 3 aromatic rings. The summed E-state index contributed by atoms with van der Waals surface area (Å²) >= 11 is 3.42. The SMILES string of the molecule is NCc1cccc2nnc(-c3ccc(Br)cc3)n12. The zero-order valence-electron chi connectivity index (χ0n) is 9.55. The first kappa shape index (κ1) is 11.4. The van der Waals surface area contributed by atoms with Crippen LogP contribution in [0.5, 0.6) is 0 Å². The van der Waals surface area contributed by atoms with Crippen molar-refractivity contribution >= 4 is 21.6 Å². The van der Waals surface area contributed by atoms with Crippen molar-refractivity contribution in [2.45, 2.75) is 6.54 Å². The highest BCUT2D eigenvalue weighted by Crippen LogP contribution is 2.22. The van der Waals surface area contributed by atoms with E-state index in [-0.39, 0.29) is 0 Å². The molecule has 0 bridgehead atoms. The average molecular weight is 303 g/mol. The summed E-state index contributed by atoms with van der Waals surface area (Å²) in [5, 5.41) is 8.42. The zero-order valence-corrected chi connectivity index (χ0v) is 11.1. The number of pyridine rings is 1. The van der Waals surface area contributed by atoms with Gasteiger partial charge in [0.15, 0.2) is 11.5 Å². The van der Waals surface area contributed by atoms with Gasteiger partial charge in [-0.25, -0.2) is 0 Å². The highest BCUT2D eigenvalue weighted by Gasteiger charge is 2.10. The number of fused-ring (bicyclic) bond motifs is 1. The first-order chi connectivity index (χ1) is 8.79. The van der Waals surface area contributed by atoms with Crippen LogP contribution in [0.1, 0.15) is 5.69 Å². The highest BCUT2D eigenvalue weighted by atomic mass is 79.9. The summed E-state index contributed by atoms with van der Waals surface area (Å²) in [6.45, 7) is 0.457. The van der Waals surface area contributed by atoms with Crippen LogP contribution in [0, 0.1) is 0 Å². The van der Waals surface area contributed by atoms with Crippen LogP contribution in [-0.2, 0) is 6.54 Å². The summed E-state index contributed by atoms with van der Waals surface area (Å²) in [6, 6.07) is 13.8. The molecule has 2 heterocycles. The lowest BCUT2D eigenvalue weighted by Crippen LogP contribution is -2.04. The van der Waals surface area contributed by atoms with Gasteiger partial charge in [-0.1, -0.05) is 34.1 Å². The van der Waals surface area contributed by atoms with Crippen LogP contribution < -0.4 is 5.73 Å². The van der Waals surface area contributed by atoms with Gasteiger partial charge in [-0.15, -0.1) is 10.2 Å². The summed E-state index contributed by atoms with van der Waals surface area (Å²) in [6.07, 6.45) is 0. The third-order valence-corrected chi connectivity index (χ3v) is 3.35. The lowest BCUT2D eigenvalue weighted by Gasteiger charge is -2.05. The van der Waals surface area contributed by atoms with E-state index in [1.54, 1.807) is 0 Å². The maximum Gasteiger partial charge on any atom is 0.168 e. The quantitative estimate of drug-likeness (QED) is 0.792. The van der Waals surface area contributed by atoms with Gasteiger partial charge < -0.3 is 5.73 Å². The molecule has 3 rings (SSSR count). The number of halogens is 1. The van der Waals surface area contributed by atoms with Gasteiger partial charge in [-0.05, 0) is 24.3 Å². The van der Waals surface area contributed by atoms with Crippen molar-refractivity contribution < 1.29 is 0 Å². The third kappa shape index (κ3) is 1.81. The molecule has 2 aromatic heterocycles. The Bertz CT molecular complexity index is 688. The molecule has 0 fully saturated rings. The van der Waals surface area contributed by atoms with E-state index in [9.17, 15) is 0 Å². The topological polar surface area (TPSA) is 56.2 Å². The van der Waals surface area contributed by atoms with Gasteiger partial charge in [0, 0.05) is 22.3 Å². The Morgan fingerprint density at radius 3 is 2.56 bits per heavy atom. The fourth-order valence-corrected chi connectivity index (χ4v) is 2.22. The minimum Gasteiger partial charge on any atom is -0.325 e. The van der Waals surface area contributed by atoms with Gasteiger partial charge >= 0.3 is 0 Å². The van der Waals surface area contributed by atoms with Gasteiger partial charge in [-0.3, -0.25) is 4.40 Å². The van der Waals surface area contributed by atoms with Crippen molar-refractivity contribution in [3.8, 4) is 11.4 Å². The van der Waals surface area contributed by atoms with Crippen molar-refractivity contribution in [2.75, 3.05) is 0 Å². The lowest BCUT2D eigenvalue weighted by molar-refractivity contribution is 0.946. The molecule has 90 valence electrons. The Hall–Kier alpha value is -1.72. The molecule has 4 nitrogen and oxygen atoms in total. The number of benzene rings is 1. The largest absolute Gasteiger partial charge is 0.325 e. The predicted octanol–water partition coefficient (Wildman–Crippen LogP) is 2.62. The van der Waals surface area contributed by atoms with E-state index < -0.39 is 0 Å². The molecule has 0 aliphatic rings. The first-order valence-corrected chi connectivity index (χ1v) is 6.38. The molecule has 1 aromatic carbocycles.